The predicted molar refractivity (Wildman–Crippen MR) is 109 cm³/mol. The molecule has 0 saturated carbocycles. The molecule has 1 aromatic carbocycles. The fraction of sp³-hybridized carbons (Fsp3) is 0.150. The monoisotopic (exact) mass is 386 g/mol. The highest BCUT2D eigenvalue weighted by Gasteiger charge is 2.40. The Balaban J connectivity index is 2.17. The summed E-state index contributed by atoms with van der Waals surface area (Å²) in [7, 11) is 1.88. The summed E-state index contributed by atoms with van der Waals surface area (Å²) in [5.41, 5.74) is 10.8. The summed E-state index contributed by atoms with van der Waals surface area (Å²) in [6, 6.07) is 7.09. The van der Waals surface area contributed by atoms with E-state index in [1.54, 1.807) is 6.92 Å². The number of likely N-dealkylation sites (tertiary alicyclic amines) is 1. The molecule has 0 radical (unpaired) electrons. The van der Waals surface area contributed by atoms with Crippen molar-refractivity contribution in [1.82, 2.24) is 9.80 Å². The summed E-state index contributed by atoms with van der Waals surface area (Å²) < 4.78 is 0. The predicted octanol–water partition coefficient (Wildman–Crippen LogP) is 4.89. The Morgan fingerprint density at radius 2 is 1.77 bits per heavy atom. The maximum atomic E-state index is 8.72. The molecule has 1 unspecified atom stereocenters. The summed E-state index contributed by atoms with van der Waals surface area (Å²) in [6.07, 6.45) is 3.75. The average molecular weight is 387 g/mol. The topological polar surface area (TPSA) is 56.4 Å². The van der Waals surface area contributed by atoms with Crippen molar-refractivity contribution < 1.29 is 0 Å². The van der Waals surface area contributed by atoms with Crippen molar-refractivity contribution in [3.8, 4) is 0 Å². The molecular weight excluding hydrogens is 367 g/mol. The minimum absolute atomic E-state index is 0.361. The number of hydrogen-bond donors (Lipinski definition) is 2. The number of hydrogen-bond acceptors (Lipinski definition) is 4. The van der Waals surface area contributed by atoms with E-state index < -0.39 is 0 Å². The first-order chi connectivity index (χ1) is 12.2. The van der Waals surface area contributed by atoms with Crippen LogP contribution in [0.5, 0.6) is 0 Å². The number of benzene rings is 1. The van der Waals surface area contributed by atoms with Gasteiger partial charge in [0.15, 0.2) is 0 Å². The van der Waals surface area contributed by atoms with Crippen LogP contribution in [-0.4, -0.2) is 22.6 Å². The number of allylic oxidation sites excluding steroid dienone is 4. The lowest BCUT2D eigenvalue weighted by Crippen LogP contribution is -2.27. The SMILES string of the molecule is C=C1C(Cl)=CC(N2C(=C)/C(=C(\C)N)C(=N)C2c2ccc(Cl)cc2)=CN1C. The highest BCUT2D eigenvalue weighted by Crippen LogP contribution is 2.44. The third kappa shape index (κ3) is 2.96. The molecule has 0 aliphatic carbocycles. The zero-order chi connectivity index (χ0) is 19.2. The van der Waals surface area contributed by atoms with Crippen molar-refractivity contribution >= 4 is 28.9 Å². The number of rotatable bonds is 2. The van der Waals surface area contributed by atoms with Gasteiger partial charge in [0.1, 0.15) is 6.04 Å². The smallest absolute Gasteiger partial charge is 0.102 e. The molecule has 3 N–H and O–H groups in total. The van der Waals surface area contributed by atoms with E-state index >= 15 is 0 Å². The Kier molecular flexibility index (Phi) is 4.74. The van der Waals surface area contributed by atoms with Crippen molar-refractivity contribution in [1.29, 1.82) is 5.41 Å². The first-order valence-corrected chi connectivity index (χ1v) is 8.78. The molecule has 6 heteroatoms. The second kappa shape index (κ2) is 6.71. The highest BCUT2D eigenvalue weighted by atomic mass is 35.5. The number of halogens is 2. The summed E-state index contributed by atoms with van der Waals surface area (Å²) in [5, 5.41) is 9.91. The van der Waals surface area contributed by atoms with Gasteiger partial charge in [0, 0.05) is 35.2 Å². The van der Waals surface area contributed by atoms with Gasteiger partial charge in [0.05, 0.1) is 22.1 Å². The van der Waals surface area contributed by atoms with Crippen molar-refractivity contribution in [3.63, 3.8) is 0 Å². The van der Waals surface area contributed by atoms with Gasteiger partial charge in [0.25, 0.3) is 0 Å². The van der Waals surface area contributed by atoms with Gasteiger partial charge in [-0.2, -0.15) is 0 Å². The number of likely N-dealkylation sites (N-methyl/N-ethyl adjacent to an activating group) is 1. The molecule has 0 spiro atoms. The van der Waals surface area contributed by atoms with E-state index in [9.17, 15) is 0 Å². The Morgan fingerprint density at radius 1 is 1.15 bits per heavy atom. The summed E-state index contributed by atoms with van der Waals surface area (Å²) in [6.45, 7) is 9.93. The minimum atomic E-state index is -0.361. The van der Waals surface area contributed by atoms with E-state index in [0.717, 1.165) is 11.3 Å². The highest BCUT2D eigenvalue weighted by molar-refractivity contribution is 6.32. The number of nitrogens with two attached hydrogens (primary N) is 1. The van der Waals surface area contributed by atoms with Crippen LogP contribution in [0, 0.1) is 5.41 Å². The van der Waals surface area contributed by atoms with Crippen LogP contribution in [0.1, 0.15) is 18.5 Å². The average Bonchev–Trinajstić information content (AvgIpc) is 2.83. The Labute approximate surface area is 163 Å². The van der Waals surface area contributed by atoms with Gasteiger partial charge in [-0.1, -0.05) is 48.5 Å². The zero-order valence-electron chi connectivity index (χ0n) is 14.7. The van der Waals surface area contributed by atoms with Gasteiger partial charge in [-0.25, -0.2) is 0 Å². The first-order valence-electron chi connectivity index (χ1n) is 8.02. The molecule has 1 saturated heterocycles. The molecule has 1 atom stereocenters. The molecular formula is C20H20Cl2N4. The van der Waals surface area contributed by atoms with Crippen LogP contribution in [0.25, 0.3) is 0 Å². The number of nitrogens with zero attached hydrogens (tertiary/aromatic N) is 2. The molecule has 0 aromatic heterocycles. The minimum Gasteiger partial charge on any atom is -0.402 e. The molecule has 2 aliphatic rings. The van der Waals surface area contributed by atoms with E-state index in [4.69, 9.17) is 34.3 Å². The molecule has 2 aliphatic heterocycles. The fourth-order valence-electron chi connectivity index (χ4n) is 3.23. The molecule has 1 aromatic rings. The normalized spacial score (nSPS) is 22.6. The molecule has 0 bridgehead atoms. The van der Waals surface area contributed by atoms with E-state index in [2.05, 4.69) is 13.2 Å². The zero-order valence-corrected chi connectivity index (χ0v) is 16.2. The quantitative estimate of drug-likeness (QED) is 0.760. The van der Waals surface area contributed by atoms with Gasteiger partial charge >= 0.3 is 0 Å². The number of nitrogens with one attached hydrogen (secondary N) is 1. The second-order valence-electron chi connectivity index (χ2n) is 6.35. The Bertz CT molecular complexity index is 902. The lowest BCUT2D eigenvalue weighted by molar-refractivity contribution is 0.414. The molecule has 26 heavy (non-hydrogen) atoms. The van der Waals surface area contributed by atoms with Crippen LogP contribution >= 0.6 is 23.2 Å². The largest absolute Gasteiger partial charge is 0.402 e. The lowest BCUT2D eigenvalue weighted by Gasteiger charge is -2.32. The van der Waals surface area contributed by atoms with Crippen LogP contribution in [-0.2, 0) is 0 Å². The van der Waals surface area contributed by atoms with Gasteiger partial charge in [-0.05, 0) is 30.7 Å². The molecule has 0 amide bonds. The van der Waals surface area contributed by atoms with E-state index in [0.29, 0.717) is 38.4 Å². The van der Waals surface area contributed by atoms with Crippen molar-refractivity contribution in [2.75, 3.05) is 7.05 Å². The molecule has 3 rings (SSSR count). The maximum absolute atomic E-state index is 8.72. The standard InChI is InChI=1S/C20H20Cl2N4/c1-11(23)18-13(3)26(16-9-17(22)12(2)25(4)10-16)20(19(18)24)14-5-7-15(21)8-6-14/h5-10,20,24H,2-3,23H2,1,4H3/b18-11-,24-19?. The molecule has 134 valence electrons. The molecule has 2 heterocycles. The van der Waals surface area contributed by atoms with Crippen molar-refractivity contribution in [2.45, 2.75) is 13.0 Å². The van der Waals surface area contributed by atoms with Gasteiger partial charge in [-0.3, -0.25) is 0 Å². The molecule has 1 fully saturated rings. The van der Waals surface area contributed by atoms with Crippen LogP contribution in [0.3, 0.4) is 0 Å². The summed E-state index contributed by atoms with van der Waals surface area (Å²) in [5.74, 6) is 0. The van der Waals surface area contributed by atoms with Gasteiger partial charge < -0.3 is 20.9 Å². The maximum Gasteiger partial charge on any atom is 0.102 e. The van der Waals surface area contributed by atoms with Crippen LogP contribution < -0.4 is 5.73 Å². The summed E-state index contributed by atoms with van der Waals surface area (Å²) >= 11 is 12.4. The van der Waals surface area contributed by atoms with Gasteiger partial charge in [-0.15, -0.1) is 0 Å². The van der Waals surface area contributed by atoms with Gasteiger partial charge in [0.2, 0.25) is 0 Å². The third-order valence-electron chi connectivity index (χ3n) is 4.54. The Hall–Kier alpha value is -2.43. The van der Waals surface area contributed by atoms with Crippen molar-refractivity contribution in [3.05, 3.63) is 93.7 Å². The van der Waals surface area contributed by atoms with E-state index in [1.807, 2.05) is 53.4 Å². The third-order valence-corrected chi connectivity index (χ3v) is 5.12. The molecule has 4 nitrogen and oxygen atoms in total. The van der Waals surface area contributed by atoms with Crippen LogP contribution in [0.2, 0.25) is 5.02 Å². The lowest BCUT2D eigenvalue weighted by atomic mass is 9.99. The van der Waals surface area contributed by atoms with E-state index in [-0.39, 0.29) is 6.04 Å². The van der Waals surface area contributed by atoms with Crippen molar-refractivity contribution in [2.24, 2.45) is 5.73 Å². The fourth-order valence-corrected chi connectivity index (χ4v) is 3.60. The first kappa shape index (κ1) is 18.4. The second-order valence-corrected chi connectivity index (χ2v) is 7.19. The van der Waals surface area contributed by atoms with Crippen LogP contribution in [0.15, 0.2) is 83.1 Å². The Morgan fingerprint density at radius 3 is 2.31 bits per heavy atom. The van der Waals surface area contributed by atoms with Crippen LogP contribution in [0.4, 0.5) is 0 Å². The van der Waals surface area contributed by atoms with E-state index in [1.165, 1.54) is 0 Å². The summed E-state index contributed by atoms with van der Waals surface area (Å²) in [4.78, 5) is 3.83.